The van der Waals surface area contributed by atoms with Gasteiger partial charge in [0.25, 0.3) is 0 Å². The number of aryl methyl sites for hydroxylation is 1. The number of likely N-dealkylation sites (tertiary alicyclic amines) is 1. The summed E-state index contributed by atoms with van der Waals surface area (Å²) in [5.41, 5.74) is 7.57. The molecule has 2 heterocycles. The number of hydrogen-bond acceptors (Lipinski definition) is 5. The Hall–Kier alpha value is -1.53. The van der Waals surface area contributed by atoms with Gasteiger partial charge in [-0.2, -0.15) is 0 Å². The minimum Gasteiger partial charge on any atom is -0.333 e. The Kier molecular flexibility index (Phi) is 4.67. The van der Waals surface area contributed by atoms with Gasteiger partial charge in [0.1, 0.15) is 5.82 Å². The lowest BCUT2D eigenvalue weighted by Gasteiger charge is -2.26. The Morgan fingerprint density at radius 2 is 2.30 bits per heavy atom. The van der Waals surface area contributed by atoms with Crippen molar-refractivity contribution in [1.29, 1.82) is 0 Å². The average molecular weight is 277 g/mol. The summed E-state index contributed by atoms with van der Waals surface area (Å²) in [5, 5.41) is 0. The Morgan fingerprint density at radius 3 is 2.95 bits per heavy atom. The van der Waals surface area contributed by atoms with E-state index < -0.39 is 0 Å². The molecular formula is C14H23N5O. The minimum atomic E-state index is -0.000400. The standard InChI is InChI=1S/C14H23N5O/c1-10-16-8-11(9-18(2)3)14(17-10)12-5-4-6-19(12)13(20)7-15/h8,12H,4-7,9,15H2,1-3H3/t12-/m1/s1. The zero-order valence-electron chi connectivity index (χ0n) is 12.5. The molecule has 1 aromatic heterocycles. The van der Waals surface area contributed by atoms with Crippen LogP contribution >= 0.6 is 0 Å². The second-order valence-electron chi connectivity index (χ2n) is 5.51. The molecular weight excluding hydrogens is 254 g/mol. The third-order valence-electron chi connectivity index (χ3n) is 3.57. The fourth-order valence-corrected chi connectivity index (χ4v) is 2.73. The first-order chi connectivity index (χ1) is 9.52. The average Bonchev–Trinajstić information content (AvgIpc) is 2.88. The molecule has 1 fully saturated rings. The SMILES string of the molecule is Cc1ncc(CN(C)C)c([C@H]2CCCN2C(=O)CN)n1. The van der Waals surface area contributed by atoms with Crippen molar-refractivity contribution >= 4 is 5.91 Å². The first kappa shape index (κ1) is 14.9. The smallest absolute Gasteiger partial charge is 0.236 e. The zero-order chi connectivity index (χ0) is 14.7. The molecule has 0 aromatic carbocycles. The first-order valence-electron chi connectivity index (χ1n) is 6.99. The summed E-state index contributed by atoms with van der Waals surface area (Å²) in [5.74, 6) is 0.745. The molecule has 1 amide bonds. The largest absolute Gasteiger partial charge is 0.333 e. The molecule has 1 aromatic rings. The van der Waals surface area contributed by atoms with Crippen LogP contribution in [0.5, 0.6) is 0 Å². The highest BCUT2D eigenvalue weighted by Crippen LogP contribution is 2.32. The van der Waals surface area contributed by atoms with Gasteiger partial charge in [0, 0.05) is 24.8 Å². The van der Waals surface area contributed by atoms with E-state index in [9.17, 15) is 4.79 Å². The number of carbonyl (C=O) groups excluding carboxylic acids is 1. The summed E-state index contributed by atoms with van der Waals surface area (Å²) in [7, 11) is 4.03. The highest BCUT2D eigenvalue weighted by Gasteiger charge is 2.32. The maximum absolute atomic E-state index is 12.0. The third kappa shape index (κ3) is 3.13. The number of aromatic nitrogens is 2. The summed E-state index contributed by atoms with van der Waals surface area (Å²) in [4.78, 5) is 24.8. The molecule has 1 atom stereocenters. The Bertz CT molecular complexity index is 488. The lowest BCUT2D eigenvalue weighted by molar-refractivity contribution is -0.130. The first-order valence-corrected chi connectivity index (χ1v) is 6.99. The van der Waals surface area contributed by atoms with Crippen molar-refractivity contribution in [2.75, 3.05) is 27.2 Å². The summed E-state index contributed by atoms with van der Waals surface area (Å²) < 4.78 is 0. The molecule has 110 valence electrons. The maximum atomic E-state index is 12.0. The molecule has 1 saturated heterocycles. The van der Waals surface area contributed by atoms with Gasteiger partial charge in [-0.15, -0.1) is 0 Å². The molecule has 0 aliphatic carbocycles. The zero-order valence-corrected chi connectivity index (χ0v) is 12.5. The molecule has 0 spiro atoms. The summed E-state index contributed by atoms with van der Waals surface area (Å²) >= 11 is 0. The van der Waals surface area contributed by atoms with Crippen molar-refractivity contribution in [3.8, 4) is 0 Å². The van der Waals surface area contributed by atoms with Crippen LogP contribution in [0.2, 0.25) is 0 Å². The van der Waals surface area contributed by atoms with Gasteiger partial charge in [0.15, 0.2) is 0 Å². The normalized spacial score (nSPS) is 18.9. The van der Waals surface area contributed by atoms with Crippen LogP contribution in [0, 0.1) is 6.92 Å². The van der Waals surface area contributed by atoms with Gasteiger partial charge in [-0.1, -0.05) is 0 Å². The van der Waals surface area contributed by atoms with Gasteiger partial charge >= 0.3 is 0 Å². The Balaban J connectivity index is 2.34. The van der Waals surface area contributed by atoms with Crippen LogP contribution in [0.15, 0.2) is 6.20 Å². The van der Waals surface area contributed by atoms with Crippen molar-refractivity contribution in [3.05, 3.63) is 23.3 Å². The van der Waals surface area contributed by atoms with Crippen molar-refractivity contribution in [2.45, 2.75) is 32.4 Å². The van der Waals surface area contributed by atoms with Crippen LogP contribution in [-0.2, 0) is 11.3 Å². The van der Waals surface area contributed by atoms with Crippen LogP contribution in [0.1, 0.15) is 36.0 Å². The molecule has 0 radical (unpaired) electrons. The number of carbonyl (C=O) groups is 1. The van der Waals surface area contributed by atoms with Crippen LogP contribution in [0.4, 0.5) is 0 Å². The van der Waals surface area contributed by atoms with Gasteiger partial charge in [-0.3, -0.25) is 4.79 Å². The molecule has 2 N–H and O–H groups in total. The molecule has 1 aliphatic rings. The molecule has 0 bridgehead atoms. The van der Waals surface area contributed by atoms with E-state index in [-0.39, 0.29) is 18.5 Å². The quantitative estimate of drug-likeness (QED) is 0.866. The third-order valence-corrected chi connectivity index (χ3v) is 3.57. The monoisotopic (exact) mass is 277 g/mol. The second-order valence-corrected chi connectivity index (χ2v) is 5.51. The van der Waals surface area contributed by atoms with E-state index in [0.29, 0.717) is 0 Å². The van der Waals surface area contributed by atoms with Gasteiger partial charge in [0.05, 0.1) is 18.3 Å². The van der Waals surface area contributed by atoms with E-state index in [4.69, 9.17) is 5.73 Å². The van der Waals surface area contributed by atoms with E-state index in [1.54, 1.807) is 0 Å². The minimum absolute atomic E-state index is 0.000400. The molecule has 6 heteroatoms. The van der Waals surface area contributed by atoms with Gasteiger partial charge < -0.3 is 15.5 Å². The fourth-order valence-electron chi connectivity index (χ4n) is 2.73. The van der Waals surface area contributed by atoms with E-state index >= 15 is 0 Å². The topological polar surface area (TPSA) is 75.4 Å². The van der Waals surface area contributed by atoms with Crippen LogP contribution in [0.3, 0.4) is 0 Å². The van der Waals surface area contributed by atoms with Crippen LogP contribution in [-0.4, -0.2) is 52.9 Å². The van der Waals surface area contributed by atoms with E-state index in [1.165, 1.54) is 0 Å². The lowest BCUT2D eigenvalue weighted by atomic mass is 10.1. The number of amides is 1. The van der Waals surface area contributed by atoms with Crippen molar-refractivity contribution in [3.63, 3.8) is 0 Å². The number of nitrogens with two attached hydrogens (primary N) is 1. The number of rotatable bonds is 4. The van der Waals surface area contributed by atoms with E-state index in [2.05, 4.69) is 14.9 Å². The van der Waals surface area contributed by atoms with Crippen molar-refractivity contribution in [1.82, 2.24) is 19.8 Å². The summed E-state index contributed by atoms with van der Waals surface area (Å²) in [6.45, 7) is 3.48. The highest BCUT2D eigenvalue weighted by atomic mass is 16.2. The van der Waals surface area contributed by atoms with Crippen molar-refractivity contribution in [2.24, 2.45) is 5.73 Å². The molecule has 6 nitrogen and oxygen atoms in total. The van der Waals surface area contributed by atoms with Crippen LogP contribution < -0.4 is 5.73 Å². The lowest BCUT2D eigenvalue weighted by Crippen LogP contribution is -2.36. The number of hydrogen-bond donors (Lipinski definition) is 1. The maximum Gasteiger partial charge on any atom is 0.236 e. The Morgan fingerprint density at radius 1 is 1.55 bits per heavy atom. The summed E-state index contributed by atoms with van der Waals surface area (Å²) in [6.07, 6.45) is 3.82. The van der Waals surface area contributed by atoms with Gasteiger partial charge in [-0.25, -0.2) is 9.97 Å². The highest BCUT2D eigenvalue weighted by molar-refractivity contribution is 5.78. The second kappa shape index (κ2) is 6.28. The molecule has 20 heavy (non-hydrogen) atoms. The van der Waals surface area contributed by atoms with E-state index in [0.717, 1.165) is 43.0 Å². The molecule has 0 saturated carbocycles. The predicted molar refractivity (Wildman–Crippen MR) is 76.9 cm³/mol. The summed E-state index contributed by atoms with van der Waals surface area (Å²) in [6, 6.07) is 0.0442. The number of nitrogens with zero attached hydrogens (tertiary/aromatic N) is 4. The predicted octanol–water partition coefficient (Wildman–Crippen LogP) is 0.469. The van der Waals surface area contributed by atoms with Gasteiger partial charge in [-0.05, 0) is 33.9 Å². The molecule has 0 unspecified atom stereocenters. The van der Waals surface area contributed by atoms with E-state index in [1.807, 2.05) is 32.1 Å². The fraction of sp³-hybridized carbons (Fsp3) is 0.643. The van der Waals surface area contributed by atoms with Crippen molar-refractivity contribution < 1.29 is 4.79 Å². The van der Waals surface area contributed by atoms with Gasteiger partial charge in [0.2, 0.25) is 5.91 Å². The molecule has 1 aliphatic heterocycles. The Labute approximate surface area is 120 Å². The molecule has 2 rings (SSSR count). The van der Waals surface area contributed by atoms with Crippen LogP contribution in [0.25, 0.3) is 0 Å².